The first-order chi connectivity index (χ1) is 9.74. The van der Waals surface area contributed by atoms with Crippen molar-refractivity contribution >= 4 is 21.8 Å². The van der Waals surface area contributed by atoms with E-state index in [0.29, 0.717) is 12.1 Å². The van der Waals surface area contributed by atoms with E-state index in [1.165, 1.54) is 44.9 Å². The molecule has 2 atom stereocenters. The second-order valence-corrected chi connectivity index (χ2v) is 7.50. The Labute approximate surface area is 128 Å². The van der Waals surface area contributed by atoms with E-state index >= 15 is 0 Å². The molecule has 1 aromatic rings. The van der Waals surface area contributed by atoms with Crippen LogP contribution in [0.3, 0.4) is 0 Å². The smallest absolute Gasteiger partial charge is 0.270 e. The van der Waals surface area contributed by atoms with E-state index in [2.05, 4.69) is 31.6 Å². The molecule has 20 heavy (non-hydrogen) atoms. The topological polar surface area (TPSA) is 25.2 Å². The molecule has 0 radical (unpaired) electrons. The highest BCUT2D eigenvalue weighted by molar-refractivity contribution is 9.10. The van der Waals surface area contributed by atoms with Crippen molar-refractivity contribution in [3.63, 3.8) is 0 Å². The first-order valence-electron chi connectivity index (χ1n) is 7.92. The van der Waals surface area contributed by atoms with Crippen LogP contribution in [0.15, 0.2) is 16.7 Å². The number of hydrogen-bond acceptors (Lipinski definition) is 1. The monoisotopic (exact) mass is 336 g/mol. The molecular formula is C16H21BrN2O. The van der Waals surface area contributed by atoms with Crippen LogP contribution in [0.5, 0.6) is 0 Å². The van der Waals surface area contributed by atoms with Gasteiger partial charge in [-0.15, -0.1) is 0 Å². The Bertz CT molecular complexity index is 535. The maximum Gasteiger partial charge on any atom is 0.270 e. The molecule has 3 nitrogen and oxygen atoms in total. The average Bonchev–Trinajstić information content (AvgIpc) is 3.09. The molecule has 2 aliphatic carbocycles. The fourth-order valence-electron chi connectivity index (χ4n) is 4.08. The summed E-state index contributed by atoms with van der Waals surface area (Å²) >= 11 is 3.53. The highest BCUT2D eigenvalue weighted by Crippen LogP contribution is 2.40. The van der Waals surface area contributed by atoms with E-state index in [1.807, 2.05) is 6.07 Å². The molecule has 1 aliphatic heterocycles. The third-order valence-electron chi connectivity index (χ3n) is 5.25. The summed E-state index contributed by atoms with van der Waals surface area (Å²) in [6, 6.07) is 3.08. The number of likely N-dealkylation sites (tertiary alicyclic amines) is 1. The number of aromatic nitrogens is 1. The van der Waals surface area contributed by atoms with Crippen molar-refractivity contribution in [1.82, 2.24) is 9.47 Å². The quantitative estimate of drug-likeness (QED) is 0.801. The molecule has 1 amide bonds. The third-order valence-corrected chi connectivity index (χ3v) is 5.68. The molecular weight excluding hydrogens is 316 g/mol. The van der Waals surface area contributed by atoms with Crippen molar-refractivity contribution in [2.75, 3.05) is 6.54 Å². The molecule has 1 saturated heterocycles. The lowest BCUT2D eigenvalue weighted by molar-refractivity contribution is 0.0679. The highest BCUT2D eigenvalue weighted by Gasteiger charge is 2.40. The number of hydrogen-bond donors (Lipinski definition) is 0. The third kappa shape index (κ3) is 2.12. The SMILES string of the molecule is O=C(c1cc(Br)cn1C1CC1)N1CCC2CCCCC21. The summed E-state index contributed by atoms with van der Waals surface area (Å²) in [5, 5.41) is 0. The van der Waals surface area contributed by atoms with E-state index in [0.717, 1.165) is 22.6 Å². The fourth-order valence-corrected chi connectivity index (χ4v) is 4.51. The Hall–Kier alpha value is -0.770. The van der Waals surface area contributed by atoms with E-state index in [1.54, 1.807) is 0 Å². The van der Waals surface area contributed by atoms with Gasteiger partial charge in [0.05, 0.1) is 0 Å². The molecule has 3 fully saturated rings. The molecule has 0 bridgehead atoms. The Balaban J connectivity index is 1.60. The molecule has 0 N–H and O–H groups in total. The molecule has 3 aliphatic rings. The van der Waals surface area contributed by atoms with Gasteiger partial charge in [-0.25, -0.2) is 0 Å². The van der Waals surface area contributed by atoms with Gasteiger partial charge in [0, 0.05) is 29.3 Å². The van der Waals surface area contributed by atoms with E-state index in [-0.39, 0.29) is 5.91 Å². The van der Waals surface area contributed by atoms with Crippen molar-refractivity contribution in [3.05, 3.63) is 22.4 Å². The number of fused-ring (bicyclic) bond motifs is 1. The number of halogens is 1. The second kappa shape index (κ2) is 4.90. The van der Waals surface area contributed by atoms with Crippen LogP contribution in [-0.2, 0) is 0 Å². The fraction of sp³-hybridized carbons (Fsp3) is 0.688. The van der Waals surface area contributed by atoms with Gasteiger partial charge >= 0.3 is 0 Å². The Kier molecular flexibility index (Phi) is 3.17. The van der Waals surface area contributed by atoms with Crippen LogP contribution in [0.25, 0.3) is 0 Å². The van der Waals surface area contributed by atoms with E-state index in [9.17, 15) is 4.79 Å². The van der Waals surface area contributed by atoms with Crippen LogP contribution >= 0.6 is 15.9 Å². The van der Waals surface area contributed by atoms with Gasteiger partial charge in [-0.1, -0.05) is 12.8 Å². The van der Waals surface area contributed by atoms with Crippen LogP contribution in [0.4, 0.5) is 0 Å². The van der Waals surface area contributed by atoms with Gasteiger partial charge in [0.2, 0.25) is 0 Å². The summed E-state index contributed by atoms with van der Waals surface area (Å²) in [6.45, 7) is 0.960. The lowest BCUT2D eigenvalue weighted by Crippen LogP contribution is -2.40. The van der Waals surface area contributed by atoms with Gasteiger partial charge in [0.15, 0.2) is 0 Å². The summed E-state index contributed by atoms with van der Waals surface area (Å²) in [6.07, 6.45) is 10.9. The number of amides is 1. The predicted molar refractivity (Wildman–Crippen MR) is 81.8 cm³/mol. The molecule has 0 aromatic carbocycles. The molecule has 2 unspecified atom stereocenters. The van der Waals surface area contributed by atoms with Gasteiger partial charge in [-0.2, -0.15) is 0 Å². The lowest BCUT2D eigenvalue weighted by Gasteiger charge is -2.31. The van der Waals surface area contributed by atoms with Crippen molar-refractivity contribution in [2.24, 2.45) is 5.92 Å². The minimum Gasteiger partial charge on any atom is -0.339 e. The maximum absolute atomic E-state index is 13.0. The minimum atomic E-state index is 0.261. The Morgan fingerprint density at radius 3 is 2.75 bits per heavy atom. The standard InChI is InChI=1S/C16H21BrN2O/c17-12-9-15(19(10-12)13-5-6-13)16(20)18-8-7-11-3-1-2-4-14(11)18/h9-11,13-14H,1-8H2. The molecule has 4 rings (SSSR count). The zero-order valence-corrected chi connectivity index (χ0v) is 13.3. The summed E-state index contributed by atoms with van der Waals surface area (Å²) < 4.78 is 3.23. The molecule has 2 saturated carbocycles. The van der Waals surface area contributed by atoms with Crippen LogP contribution in [-0.4, -0.2) is 28.0 Å². The highest BCUT2D eigenvalue weighted by atomic mass is 79.9. The summed E-state index contributed by atoms with van der Waals surface area (Å²) in [7, 11) is 0. The van der Waals surface area contributed by atoms with Gasteiger partial charge in [0.25, 0.3) is 5.91 Å². The zero-order valence-electron chi connectivity index (χ0n) is 11.7. The van der Waals surface area contributed by atoms with Gasteiger partial charge in [-0.05, 0) is 60.0 Å². The number of rotatable bonds is 2. The van der Waals surface area contributed by atoms with Crippen LogP contribution < -0.4 is 0 Å². The second-order valence-electron chi connectivity index (χ2n) is 6.58. The van der Waals surface area contributed by atoms with E-state index in [4.69, 9.17) is 0 Å². The number of carbonyl (C=O) groups is 1. The largest absolute Gasteiger partial charge is 0.339 e. The Morgan fingerprint density at radius 2 is 1.95 bits per heavy atom. The lowest BCUT2D eigenvalue weighted by atomic mass is 9.85. The van der Waals surface area contributed by atoms with Crippen LogP contribution in [0, 0.1) is 5.92 Å². The average molecular weight is 337 g/mol. The summed E-state index contributed by atoms with van der Waals surface area (Å²) in [5.41, 5.74) is 0.894. The van der Waals surface area contributed by atoms with E-state index < -0.39 is 0 Å². The van der Waals surface area contributed by atoms with Crippen molar-refractivity contribution in [3.8, 4) is 0 Å². The molecule has 4 heteroatoms. The minimum absolute atomic E-state index is 0.261. The Morgan fingerprint density at radius 1 is 1.15 bits per heavy atom. The van der Waals surface area contributed by atoms with Gasteiger partial charge in [0.1, 0.15) is 5.69 Å². The van der Waals surface area contributed by atoms with Gasteiger partial charge < -0.3 is 9.47 Å². The molecule has 1 aromatic heterocycles. The maximum atomic E-state index is 13.0. The predicted octanol–water partition coefficient (Wildman–Crippen LogP) is 3.99. The summed E-state index contributed by atoms with van der Waals surface area (Å²) in [4.78, 5) is 15.1. The normalized spacial score (nSPS) is 29.6. The first-order valence-corrected chi connectivity index (χ1v) is 8.71. The van der Waals surface area contributed by atoms with Crippen molar-refractivity contribution in [2.45, 2.75) is 57.0 Å². The van der Waals surface area contributed by atoms with Gasteiger partial charge in [-0.3, -0.25) is 4.79 Å². The van der Waals surface area contributed by atoms with Crippen LogP contribution in [0.2, 0.25) is 0 Å². The molecule has 108 valence electrons. The van der Waals surface area contributed by atoms with Crippen LogP contribution in [0.1, 0.15) is 61.5 Å². The zero-order chi connectivity index (χ0) is 13.7. The molecule has 0 spiro atoms. The number of carbonyl (C=O) groups excluding carboxylic acids is 1. The number of nitrogens with zero attached hydrogens (tertiary/aromatic N) is 2. The van der Waals surface area contributed by atoms with Crippen molar-refractivity contribution < 1.29 is 4.79 Å². The van der Waals surface area contributed by atoms with Crippen molar-refractivity contribution in [1.29, 1.82) is 0 Å². The molecule has 2 heterocycles. The summed E-state index contributed by atoms with van der Waals surface area (Å²) in [5.74, 6) is 1.03. The first kappa shape index (κ1) is 12.9.